The summed E-state index contributed by atoms with van der Waals surface area (Å²) in [5.74, 6) is -1.14. The van der Waals surface area contributed by atoms with Crippen molar-refractivity contribution in [3.05, 3.63) is 70.6 Å². The smallest absolute Gasteiger partial charge is 0.335 e. The molecule has 0 atom stereocenters. The number of amides is 1. The molecule has 6 heteroatoms. The van der Waals surface area contributed by atoms with Gasteiger partial charge in [0.2, 0.25) is 0 Å². The van der Waals surface area contributed by atoms with Crippen LogP contribution in [0.15, 0.2) is 64.5 Å². The third kappa shape index (κ3) is 3.38. The fraction of sp³-hybridized carbons (Fsp3) is 0.0556. The Hall–Kier alpha value is -2.86. The summed E-state index contributed by atoms with van der Waals surface area (Å²) in [5.41, 5.74) is 1.60. The van der Waals surface area contributed by atoms with E-state index in [4.69, 9.17) is 5.11 Å². The van der Waals surface area contributed by atoms with Crippen LogP contribution in [-0.4, -0.2) is 34.1 Å². The Labute approximate surface area is 143 Å². The molecule has 1 aliphatic heterocycles. The van der Waals surface area contributed by atoms with Gasteiger partial charge in [-0.1, -0.05) is 36.4 Å². The van der Waals surface area contributed by atoms with Crippen molar-refractivity contribution in [2.24, 2.45) is 4.99 Å². The number of aromatic carboxylic acids is 1. The van der Waals surface area contributed by atoms with Crippen LogP contribution in [0.25, 0.3) is 6.08 Å². The quantitative estimate of drug-likeness (QED) is 0.868. The van der Waals surface area contributed by atoms with Crippen molar-refractivity contribution in [3.63, 3.8) is 0 Å². The van der Waals surface area contributed by atoms with Crippen LogP contribution >= 0.6 is 11.8 Å². The molecule has 1 amide bonds. The van der Waals surface area contributed by atoms with Crippen molar-refractivity contribution < 1.29 is 14.7 Å². The van der Waals surface area contributed by atoms with E-state index in [-0.39, 0.29) is 11.5 Å². The van der Waals surface area contributed by atoms with Crippen LogP contribution in [0.1, 0.15) is 15.9 Å². The van der Waals surface area contributed by atoms with Gasteiger partial charge in [0.1, 0.15) is 0 Å². The SMILES string of the molecule is CN1C(=O)/C(=C\c2ccccc2)SC1=Nc1cccc(C(=O)O)c1. The molecule has 0 spiro atoms. The van der Waals surface area contributed by atoms with Gasteiger partial charge in [0.05, 0.1) is 16.2 Å². The Morgan fingerprint density at radius 3 is 2.62 bits per heavy atom. The number of rotatable bonds is 3. The lowest BCUT2D eigenvalue weighted by Crippen LogP contribution is -2.23. The van der Waals surface area contributed by atoms with Gasteiger partial charge in [-0.25, -0.2) is 9.79 Å². The average Bonchev–Trinajstić information content (AvgIpc) is 2.84. The lowest BCUT2D eigenvalue weighted by molar-refractivity contribution is -0.121. The van der Waals surface area contributed by atoms with E-state index in [9.17, 15) is 9.59 Å². The second kappa shape index (κ2) is 6.72. The third-order valence-corrected chi connectivity index (χ3v) is 4.48. The van der Waals surface area contributed by atoms with Crippen molar-refractivity contribution in [2.75, 3.05) is 7.05 Å². The number of thioether (sulfide) groups is 1. The summed E-state index contributed by atoms with van der Waals surface area (Å²) in [6.45, 7) is 0. The highest BCUT2D eigenvalue weighted by atomic mass is 32.2. The average molecular weight is 338 g/mol. The van der Waals surface area contributed by atoms with Gasteiger partial charge < -0.3 is 5.11 Å². The maximum Gasteiger partial charge on any atom is 0.335 e. The molecule has 0 aromatic heterocycles. The second-order valence-corrected chi connectivity index (χ2v) is 6.14. The van der Waals surface area contributed by atoms with Crippen molar-refractivity contribution in [2.45, 2.75) is 0 Å². The molecule has 3 rings (SSSR count). The van der Waals surface area contributed by atoms with E-state index in [0.717, 1.165) is 5.56 Å². The van der Waals surface area contributed by atoms with Crippen LogP contribution in [0.4, 0.5) is 5.69 Å². The highest BCUT2D eigenvalue weighted by molar-refractivity contribution is 8.18. The van der Waals surface area contributed by atoms with Crippen LogP contribution < -0.4 is 0 Å². The summed E-state index contributed by atoms with van der Waals surface area (Å²) in [7, 11) is 1.65. The van der Waals surface area contributed by atoms with Gasteiger partial charge in [0, 0.05) is 7.05 Å². The first kappa shape index (κ1) is 16.0. The molecule has 24 heavy (non-hydrogen) atoms. The topological polar surface area (TPSA) is 70.0 Å². The monoisotopic (exact) mass is 338 g/mol. The summed E-state index contributed by atoms with van der Waals surface area (Å²) >= 11 is 1.27. The second-order valence-electron chi connectivity index (χ2n) is 5.14. The minimum Gasteiger partial charge on any atom is -0.478 e. The zero-order valence-corrected chi connectivity index (χ0v) is 13.7. The minimum atomic E-state index is -1.01. The number of likely N-dealkylation sites (N-methyl/N-ethyl adjacent to an activating group) is 1. The zero-order valence-electron chi connectivity index (χ0n) is 12.8. The van der Waals surface area contributed by atoms with Gasteiger partial charge in [0.25, 0.3) is 5.91 Å². The summed E-state index contributed by atoms with van der Waals surface area (Å²) in [6, 6.07) is 15.9. The highest BCUT2D eigenvalue weighted by Gasteiger charge is 2.30. The maximum absolute atomic E-state index is 12.3. The number of carboxylic acids is 1. The summed E-state index contributed by atoms with van der Waals surface area (Å²) in [6.07, 6.45) is 1.82. The van der Waals surface area contributed by atoms with E-state index in [2.05, 4.69) is 4.99 Å². The van der Waals surface area contributed by atoms with Crippen molar-refractivity contribution >= 4 is 40.6 Å². The van der Waals surface area contributed by atoms with Gasteiger partial charge in [-0.2, -0.15) is 0 Å². The first-order valence-electron chi connectivity index (χ1n) is 7.19. The van der Waals surface area contributed by atoms with E-state index in [1.54, 1.807) is 19.2 Å². The molecule has 120 valence electrons. The largest absolute Gasteiger partial charge is 0.478 e. The standard InChI is InChI=1S/C18H14N2O3S/c1-20-16(21)15(10-12-6-3-2-4-7-12)24-18(20)19-14-9-5-8-13(11-14)17(22)23/h2-11H,1H3,(H,22,23)/b15-10+,19-18?. The summed E-state index contributed by atoms with van der Waals surface area (Å²) in [5, 5.41) is 9.56. The molecule has 0 unspecified atom stereocenters. The molecule has 1 aliphatic rings. The summed E-state index contributed by atoms with van der Waals surface area (Å²) < 4.78 is 0. The van der Waals surface area contributed by atoms with E-state index in [1.807, 2.05) is 36.4 Å². The molecular weight excluding hydrogens is 324 g/mol. The molecule has 0 bridgehead atoms. The van der Waals surface area contributed by atoms with Gasteiger partial charge >= 0.3 is 5.97 Å². The maximum atomic E-state index is 12.3. The lowest BCUT2D eigenvalue weighted by Gasteiger charge is -2.07. The fourth-order valence-electron chi connectivity index (χ4n) is 2.17. The molecule has 1 saturated heterocycles. The predicted octanol–water partition coefficient (Wildman–Crippen LogP) is 3.62. The van der Waals surface area contributed by atoms with Crippen LogP contribution in [0.3, 0.4) is 0 Å². The molecule has 2 aromatic carbocycles. The number of carbonyl (C=O) groups excluding carboxylic acids is 1. The molecule has 0 radical (unpaired) electrons. The van der Waals surface area contributed by atoms with Crippen LogP contribution in [0.5, 0.6) is 0 Å². The normalized spacial score (nSPS) is 17.7. The fourth-order valence-corrected chi connectivity index (χ4v) is 3.16. The van der Waals surface area contributed by atoms with Crippen molar-refractivity contribution in [1.82, 2.24) is 4.90 Å². The van der Waals surface area contributed by atoms with Gasteiger partial charge in [-0.05, 0) is 41.6 Å². The number of amidine groups is 1. The Morgan fingerprint density at radius 2 is 1.92 bits per heavy atom. The molecule has 2 aromatic rings. The number of benzene rings is 2. The molecule has 1 N–H and O–H groups in total. The van der Waals surface area contributed by atoms with Crippen LogP contribution in [0.2, 0.25) is 0 Å². The highest BCUT2D eigenvalue weighted by Crippen LogP contribution is 2.33. The number of hydrogen-bond acceptors (Lipinski definition) is 4. The van der Waals surface area contributed by atoms with Gasteiger partial charge in [0.15, 0.2) is 5.17 Å². The van der Waals surface area contributed by atoms with E-state index >= 15 is 0 Å². The van der Waals surface area contributed by atoms with Gasteiger partial charge in [-0.3, -0.25) is 9.69 Å². The minimum absolute atomic E-state index is 0.128. The van der Waals surface area contributed by atoms with Crippen molar-refractivity contribution in [3.8, 4) is 0 Å². The Morgan fingerprint density at radius 1 is 1.17 bits per heavy atom. The van der Waals surface area contributed by atoms with Crippen LogP contribution in [-0.2, 0) is 4.79 Å². The molecule has 0 aliphatic carbocycles. The Kier molecular flexibility index (Phi) is 4.48. The first-order valence-corrected chi connectivity index (χ1v) is 8.01. The van der Waals surface area contributed by atoms with Crippen molar-refractivity contribution in [1.29, 1.82) is 0 Å². The van der Waals surface area contributed by atoms with E-state index < -0.39 is 5.97 Å². The number of carboxylic acid groups (broad SMARTS) is 1. The third-order valence-electron chi connectivity index (χ3n) is 3.42. The lowest BCUT2D eigenvalue weighted by atomic mass is 10.2. The molecule has 1 fully saturated rings. The number of hydrogen-bond donors (Lipinski definition) is 1. The van der Waals surface area contributed by atoms with E-state index in [1.165, 1.54) is 28.8 Å². The first-order chi connectivity index (χ1) is 11.5. The zero-order chi connectivity index (χ0) is 17.1. The van der Waals surface area contributed by atoms with Gasteiger partial charge in [-0.15, -0.1) is 0 Å². The molecule has 5 nitrogen and oxygen atoms in total. The Bertz CT molecular complexity index is 860. The molecule has 0 saturated carbocycles. The van der Waals surface area contributed by atoms with E-state index in [0.29, 0.717) is 15.8 Å². The summed E-state index contributed by atoms with van der Waals surface area (Å²) in [4.78, 5) is 29.8. The number of nitrogens with zero attached hydrogens (tertiary/aromatic N) is 2. The molecule has 1 heterocycles. The number of carbonyl (C=O) groups is 2. The molecular formula is C18H14N2O3S. The number of aliphatic imine (C=N–C) groups is 1. The predicted molar refractivity (Wildman–Crippen MR) is 95.3 cm³/mol. The Balaban J connectivity index is 1.90. The van der Waals surface area contributed by atoms with Crippen LogP contribution in [0, 0.1) is 0 Å².